The Morgan fingerprint density at radius 3 is 2.19 bits per heavy atom. The van der Waals surface area contributed by atoms with Crippen molar-refractivity contribution in [3.63, 3.8) is 0 Å². The van der Waals surface area contributed by atoms with Crippen molar-refractivity contribution < 1.29 is 5.11 Å². The molecule has 1 nitrogen and oxygen atoms in total. The van der Waals surface area contributed by atoms with Crippen molar-refractivity contribution >= 4 is 5.57 Å². The van der Waals surface area contributed by atoms with Gasteiger partial charge in [-0.3, -0.25) is 0 Å². The number of hydrogen-bond acceptors (Lipinski definition) is 1. The number of benzene rings is 3. The van der Waals surface area contributed by atoms with Crippen LogP contribution in [0.5, 0.6) is 5.75 Å². The molecule has 26 heavy (non-hydrogen) atoms. The zero-order valence-electron chi connectivity index (χ0n) is 14.9. The van der Waals surface area contributed by atoms with E-state index in [0.29, 0.717) is 5.75 Å². The van der Waals surface area contributed by atoms with Crippen LogP contribution in [-0.4, -0.2) is 5.11 Å². The second-order valence-corrected chi connectivity index (χ2v) is 6.03. The number of allylic oxidation sites excluding steroid dienone is 5. The minimum absolute atomic E-state index is 0.292. The lowest BCUT2D eigenvalue weighted by Gasteiger charge is -2.10. The van der Waals surface area contributed by atoms with Gasteiger partial charge in [-0.2, -0.15) is 0 Å². The van der Waals surface area contributed by atoms with E-state index >= 15 is 0 Å². The Bertz CT molecular complexity index is 945. The van der Waals surface area contributed by atoms with Crippen molar-refractivity contribution in [1.82, 2.24) is 0 Å². The van der Waals surface area contributed by atoms with E-state index < -0.39 is 0 Å². The van der Waals surface area contributed by atoms with Gasteiger partial charge in [-0.05, 0) is 46.9 Å². The second-order valence-electron chi connectivity index (χ2n) is 6.03. The highest BCUT2D eigenvalue weighted by atomic mass is 16.3. The Morgan fingerprint density at radius 2 is 1.54 bits per heavy atom. The molecule has 0 atom stereocenters. The summed E-state index contributed by atoms with van der Waals surface area (Å²) in [5, 5.41) is 10.2. The Morgan fingerprint density at radius 1 is 0.846 bits per heavy atom. The average molecular weight is 338 g/mol. The van der Waals surface area contributed by atoms with Gasteiger partial charge in [0.1, 0.15) is 5.75 Å². The summed E-state index contributed by atoms with van der Waals surface area (Å²) in [6, 6.07) is 24.1. The average Bonchev–Trinajstić information content (AvgIpc) is 2.69. The molecule has 0 aliphatic heterocycles. The minimum Gasteiger partial charge on any atom is -0.507 e. The third-order valence-electron chi connectivity index (χ3n) is 4.28. The highest BCUT2D eigenvalue weighted by Crippen LogP contribution is 2.33. The monoisotopic (exact) mass is 338 g/mol. The molecule has 0 aliphatic rings. The Labute approximate surface area is 155 Å². The van der Waals surface area contributed by atoms with E-state index in [1.165, 1.54) is 0 Å². The summed E-state index contributed by atoms with van der Waals surface area (Å²) in [7, 11) is 0. The first-order valence-electron chi connectivity index (χ1n) is 8.67. The van der Waals surface area contributed by atoms with Gasteiger partial charge in [0.2, 0.25) is 0 Å². The molecular formula is C25H22O. The summed E-state index contributed by atoms with van der Waals surface area (Å²) in [6.07, 6.45) is 7.90. The molecule has 128 valence electrons. The third kappa shape index (κ3) is 3.84. The van der Waals surface area contributed by atoms with E-state index in [4.69, 9.17) is 0 Å². The van der Waals surface area contributed by atoms with Crippen LogP contribution in [0.2, 0.25) is 0 Å². The van der Waals surface area contributed by atoms with Gasteiger partial charge in [-0.15, -0.1) is 0 Å². The summed E-state index contributed by atoms with van der Waals surface area (Å²) in [6.45, 7) is 5.79. The second kappa shape index (κ2) is 8.17. The number of rotatable bonds is 5. The maximum Gasteiger partial charge on any atom is 0.123 e. The van der Waals surface area contributed by atoms with E-state index in [2.05, 4.69) is 36.9 Å². The number of phenols is 1. The van der Waals surface area contributed by atoms with Gasteiger partial charge in [0, 0.05) is 5.56 Å². The highest BCUT2D eigenvalue weighted by molar-refractivity contribution is 5.80. The van der Waals surface area contributed by atoms with Gasteiger partial charge in [0.25, 0.3) is 0 Å². The SMILES string of the molecule is C=C/C=C(\C=C/C)c1ccc(-c2ccc(O)c(-c3ccccc3)c2)cc1. The fourth-order valence-electron chi connectivity index (χ4n) is 2.97. The zero-order valence-corrected chi connectivity index (χ0v) is 14.9. The molecule has 0 saturated carbocycles. The minimum atomic E-state index is 0.292. The predicted octanol–water partition coefficient (Wildman–Crippen LogP) is 6.87. The third-order valence-corrected chi connectivity index (χ3v) is 4.28. The lowest BCUT2D eigenvalue weighted by atomic mass is 9.96. The number of aromatic hydroxyl groups is 1. The van der Waals surface area contributed by atoms with E-state index in [-0.39, 0.29) is 0 Å². The van der Waals surface area contributed by atoms with Gasteiger partial charge in [-0.1, -0.05) is 91.5 Å². The van der Waals surface area contributed by atoms with Crippen LogP contribution in [0.4, 0.5) is 0 Å². The Balaban J connectivity index is 1.98. The molecule has 0 amide bonds. The topological polar surface area (TPSA) is 20.2 Å². The van der Waals surface area contributed by atoms with Crippen LogP contribution in [0, 0.1) is 0 Å². The van der Waals surface area contributed by atoms with Crippen LogP contribution in [0.25, 0.3) is 27.8 Å². The standard InChI is InChI=1S/C25H22O/c1-3-8-19(9-4-2)20-12-14-21(15-13-20)23-16-17-25(26)24(18-23)22-10-6-5-7-11-22/h3-18,26H,1H2,2H3/b9-4-,19-8+. The molecule has 0 saturated heterocycles. The van der Waals surface area contributed by atoms with E-state index in [0.717, 1.165) is 33.4 Å². The van der Waals surface area contributed by atoms with Crippen LogP contribution in [0.15, 0.2) is 104 Å². The van der Waals surface area contributed by atoms with Crippen LogP contribution in [-0.2, 0) is 0 Å². The molecule has 3 rings (SSSR count). The van der Waals surface area contributed by atoms with Gasteiger partial charge in [-0.25, -0.2) is 0 Å². The highest BCUT2D eigenvalue weighted by Gasteiger charge is 2.07. The molecule has 0 bridgehead atoms. The molecule has 1 heteroatoms. The van der Waals surface area contributed by atoms with E-state index in [1.54, 1.807) is 12.1 Å². The normalized spacial score (nSPS) is 11.7. The number of hydrogen-bond donors (Lipinski definition) is 1. The van der Waals surface area contributed by atoms with Crippen molar-refractivity contribution in [3.8, 4) is 28.0 Å². The molecule has 3 aromatic carbocycles. The maximum absolute atomic E-state index is 10.2. The van der Waals surface area contributed by atoms with Gasteiger partial charge in [0.15, 0.2) is 0 Å². The zero-order chi connectivity index (χ0) is 18.4. The fraction of sp³-hybridized carbons (Fsp3) is 0.0400. The molecule has 0 heterocycles. The van der Waals surface area contributed by atoms with Gasteiger partial charge >= 0.3 is 0 Å². The first-order chi connectivity index (χ1) is 12.7. The smallest absolute Gasteiger partial charge is 0.123 e. The molecule has 0 aliphatic carbocycles. The fourth-order valence-corrected chi connectivity index (χ4v) is 2.97. The molecule has 3 aromatic rings. The summed E-state index contributed by atoms with van der Waals surface area (Å²) < 4.78 is 0. The summed E-state index contributed by atoms with van der Waals surface area (Å²) in [4.78, 5) is 0. The maximum atomic E-state index is 10.2. The van der Waals surface area contributed by atoms with Crippen LogP contribution < -0.4 is 0 Å². The largest absolute Gasteiger partial charge is 0.507 e. The van der Waals surface area contributed by atoms with Gasteiger partial charge < -0.3 is 5.11 Å². The van der Waals surface area contributed by atoms with E-state index in [1.807, 2.05) is 61.5 Å². The van der Waals surface area contributed by atoms with Crippen molar-refractivity contribution in [2.24, 2.45) is 0 Å². The Kier molecular flexibility index (Phi) is 5.50. The number of phenolic OH excluding ortho intramolecular Hbond substituents is 1. The van der Waals surface area contributed by atoms with Crippen LogP contribution in [0.1, 0.15) is 12.5 Å². The van der Waals surface area contributed by atoms with E-state index in [9.17, 15) is 5.11 Å². The van der Waals surface area contributed by atoms with Crippen molar-refractivity contribution in [3.05, 3.63) is 109 Å². The van der Waals surface area contributed by atoms with Crippen molar-refractivity contribution in [1.29, 1.82) is 0 Å². The van der Waals surface area contributed by atoms with Crippen LogP contribution >= 0.6 is 0 Å². The molecule has 1 N–H and O–H groups in total. The summed E-state index contributed by atoms with van der Waals surface area (Å²) in [5.41, 5.74) is 6.32. The lowest BCUT2D eigenvalue weighted by Crippen LogP contribution is -1.85. The Hall–Kier alpha value is -3.32. The van der Waals surface area contributed by atoms with Crippen LogP contribution in [0.3, 0.4) is 0 Å². The summed E-state index contributed by atoms with van der Waals surface area (Å²) >= 11 is 0. The molecule has 0 unspecified atom stereocenters. The molecule has 0 spiro atoms. The molecule has 0 radical (unpaired) electrons. The predicted molar refractivity (Wildman–Crippen MR) is 112 cm³/mol. The lowest BCUT2D eigenvalue weighted by molar-refractivity contribution is 0.477. The molecule has 0 fully saturated rings. The molecular weight excluding hydrogens is 316 g/mol. The first-order valence-corrected chi connectivity index (χ1v) is 8.67. The molecule has 0 aromatic heterocycles. The van der Waals surface area contributed by atoms with Crippen molar-refractivity contribution in [2.45, 2.75) is 6.92 Å². The summed E-state index contributed by atoms with van der Waals surface area (Å²) in [5.74, 6) is 0.292. The van der Waals surface area contributed by atoms with Crippen molar-refractivity contribution in [2.75, 3.05) is 0 Å². The first kappa shape index (κ1) is 17.5. The van der Waals surface area contributed by atoms with Gasteiger partial charge in [0.05, 0.1) is 0 Å². The quantitative estimate of drug-likeness (QED) is 0.503.